The fraction of sp³-hybridized carbons (Fsp3) is 0.154. The van der Waals surface area contributed by atoms with Crippen LogP contribution >= 0.6 is 46.8 Å². The third kappa shape index (κ3) is 2.63. The van der Waals surface area contributed by atoms with E-state index < -0.39 is 5.82 Å². The van der Waals surface area contributed by atoms with Gasteiger partial charge in [0.1, 0.15) is 5.82 Å². The first-order chi connectivity index (χ1) is 9.54. The largest absolute Gasteiger partial charge is 0.331 e. The number of aromatic nitrogens is 2. The van der Waals surface area contributed by atoms with Gasteiger partial charge < -0.3 is 9.55 Å². The molecule has 0 saturated heterocycles. The molecule has 2 heterocycles. The Morgan fingerprint density at radius 1 is 1.30 bits per heavy atom. The van der Waals surface area contributed by atoms with Gasteiger partial charge in [0.15, 0.2) is 4.77 Å². The highest BCUT2D eigenvalue weighted by Gasteiger charge is 2.09. The molecule has 3 rings (SSSR count). The van der Waals surface area contributed by atoms with Crippen molar-refractivity contribution in [3.63, 3.8) is 0 Å². The van der Waals surface area contributed by atoms with E-state index in [-0.39, 0.29) is 5.02 Å². The summed E-state index contributed by atoms with van der Waals surface area (Å²) >= 11 is 18.5. The minimum atomic E-state index is -0.443. The number of hydrogen-bond donors (Lipinski definition) is 1. The summed E-state index contributed by atoms with van der Waals surface area (Å²) in [5.41, 5.74) is 1.46. The zero-order valence-electron chi connectivity index (χ0n) is 10.1. The Bertz CT molecular complexity index is 835. The highest BCUT2D eigenvalue weighted by molar-refractivity contribution is 7.71. The monoisotopic (exact) mass is 346 g/mol. The molecule has 1 aromatic carbocycles. The zero-order chi connectivity index (χ0) is 14.3. The number of fused-ring (bicyclic) bond motifs is 1. The Hall–Kier alpha value is -0.880. The van der Waals surface area contributed by atoms with Crippen LogP contribution < -0.4 is 0 Å². The molecule has 104 valence electrons. The molecule has 0 aliphatic carbocycles. The lowest BCUT2D eigenvalue weighted by molar-refractivity contribution is 0.627. The van der Waals surface area contributed by atoms with Crippen LogP contribution in [0.5, 0.6) is 0 Å². The van der Waals surface area contributed by atoms with Gasteiger partial charge in [0, 0.05) is 17.5 Å². The van der Waals surface area contributed by atoms with E-state index in [9.17, 15) is 4.39 Å². The molecule has 1 N–H and O–H groups in total. The van der Waals surface area contributed by atoms with E-state index >= 15 is 0 Å². The van der Waals surface area contributed by atoms with E-state index in [4.69, 9.17) is 35.4 Å². The summed E-state index contributed by atoms with van der Waals surface area (Å²) in [7, 11) is 0. The highest BCUT2D eigenvalue weighted by Crippen LogP contribution is 2.25. The van der Waals surface area contributed by atoms with Crippen LogP contribution in [0.4, 0.5) is 4.39 Å². The van der Waals surface area contributed by atoms with Gasteiger partial charge in [-0.3, -0.25) is 0 Å². The van der Waals surface area contributed by atoms with Crippen molar-refractivity contribution in [2.75, 3.05) is 0 Å². The quantitative estimate of drug-likeness (QED) is 0.625. The second-order valence-electron chi connectivity index (χ2n) is 4.32. The molecule has 0 aliphatic heterocycles. The third-order valence-electron chi connectivity index (χ3n) is 3.03. The van der Waals surface area contributed by atoms with Gasteiger partial charge in [-0.15, -0.1) is 11.3 Å². The van der Waals surface area contributed by atoms with Crippen LogP contribution in [-0.4, -0.2) is 9.55 Å². The van der Waals surface area contributed by atoms with Crippen molar-refractivity contribution in [2.45, 2.75) is 13.0 Å². The second-order valence-corrected chi connectivity index (χ2v) is 6.91. The number of halogens is 3. The summed E-state index contributed by atoms with van der Waals surface area (Å²) in [5.74, 6) is -0.443. The maximum atomic E-state index is 13.6. The molecule has 20 heavy (non-hydrogen) atoms. The van der Waals surface area contributed by atoms with E-state index in [1.54, 1.807) is 6.07 Å². The summed E-state index contributed by atoms with van der Waals surface area (Å²) in [5, 5.41) is 0.0888. The van der Waals surface area contributed by atoms with E-state index in [0.29, 0.717) is 11.3 Å². The van der Waals surface area contributed by atoms with Crippen LogP contribution in [0.3, 0.4) is 0 Å². The van der Waals surface area contributed by atoms with E-state index in [0.717, 1.165) is 21.8 Å². The SMILES string of the molecule is Fc1cc2c(cc1Cl)[nH]c(=S)n2CCc1ccc(Cl)s1. The zero-order valence-corrected chi connectivity index (χ0v) is 13.3. The number of benzene rings is 1. The van der Waals surface area contributed by atoms with E-state index in [1.165, 1.54) is 22.3 Å². The van der Waals surface area contributed by atoms with Gasteiger partial charge in [0.25, 0.3) is 0 Å². The Labute approximate surface area is 133 Å². The van der Waals surface area contributed by atoms with Crippen molar-refractivity contribution >= 4 is 57.8 Å². The molecule has 3 aromatic rings. The lowest BCUT2D eigenvalue weighted by atomic mass is 10.3. The fourth-order valence-corrected chi connectivity index (χ4v) is 3.62. The lowest BCUT2D eigenvalue weighted by Crippen LogP contribution is -2.00. The van der Waals surface area contributed by atoms with Gasteiger partial charge in [-0.25, -0.2) is 4.39 Å². The first-order valence-corrected chi connectivity index (χ1v) is 7.84. The van der Waals surface area contributed by atoms with Gasteiger partial charge in [-0.2, -0.15) is 0 Å². The molecule has 0 atom stereocenters. The van der Waals surface area contributed by atoms with Crippen LogP contribution in [0.1, 0.15) is 4.88 Å². The number of hydrogen-bond acceptors (Lipinski definition) is 2. The van der Waals surface area contributed by atoms with Crippen molar-refractivity contribution in [1.82, 2.24) is 9.55 Å². The van der Waals surface area contributed by atoms with Crippen LogP contribution in [0.25, 0.3) is 11.0 Å². The summed E-state index contributed by atoms with van der Waals surface area (Å²) in [6.07, 6.45) is 0.795. The molecule has 0 spiro atoms. The Balaban J connectivity index is 1.96. The average molecular weight is 347 g/mol. The number of thiophene rings is 1. The molecule has 2 nitrogen and oxygen atoms in total. The van der Waals surface area contributed by atoms with Gasteiger partial charge in [0.2, 0.25) is 0 Å². The third-order valence-corrected chi connectivity index (χ3v) is 4.93. The minimum Gasteiger partial charge on any atom is -0.331 e. The molecule has 0 bridgehead atoms. The molecule has 0 saturated carbocycles. The summed E-state index contributed by atoms with van der Waals surface area (Å²) < 4.78 is 16.8. The summed E-state index contributed by atoms with van der Waals surface area (Å²) in [6, 6.07) is 6.82. The van der Waals surface area contributed by atoms with Gasteiger partial charge in [-0.05, 0) is 36.8 Å². The van der Waals surface area contributed by atoms with Crippen molar-refractivity contribution in [1.29, 1.82) is 0 Å². The Kier molecular flexibility index (Phi) is 3.86. The Morgan fingerprint density at radius 2 is 2.10 bits per heavy atom. The molecular formula is C13H9Cl2FN2S2. The van der Waals surface area contributed by atoms with Crippen LogP contribution in [0.2, 0.25) is 9.36 Å². The van der Waals surface area contributed by atoms with E-state index in [2.05, 4.69) is 4.98 Å². The first-order valence-electron chi connectivity index (χ1n) is 5.86. The number of aryl methyl sites for hydroxylation is 2. The van der Waals surface area contributed by atoms with Crippen LogP contribution in [0.15, 0.2) is 24.3 Å². The van der Waals surface area contributed by atoms with Crippen molar-refractivity contribution in [3.05, 3.63) is 49.1 Å². The lowest BCUT2D eigenvalue weighted by Gasteiger charge is -2.03. The van der Waals surface area contributed by atoms with Crippen molar-refractivity contribution in [2.24, 2.45) is 0 Å². The highest BCUT2D eigenvalue weighted by atomic mass is 35.5. The van der Waals surface area contributed by atoms with Gasteiger partial charge in [-0.1, -0.05) is 23.2 Å². The summed E-state index contributed by atoms with van der Waals surface area (Å²) in [4.78, 5) is 4.21. The normalized spacial score (nSPS) is 11.3. The molecule has 7 heteroatoms. The Morgan fingerprint density at radius 3 is 2.80 bits per heavy atom. The molecule has 0 amide bonds. The molecule has 0 unspecified atom stereocenters. The van der Waals surface area contributed by atoms with Gasteiger partial charge >= 0.3 is 0 Å². The molecule has 0 aliphatic rings. The summed E-state index contributed by atoms with van der Waals surface area (Å²) in [6.45, 7) is 0.663. The number of H-pyrrole nitrogens is 1. The number of nitrogens with one attached hydrogen (secondary N) is 1. The number of imidazole rings is 1. The molecule has 0 radical (unpaired) electrons. The van der Waals surface area contributed by atoms with Crippen molar-refractivity contribution in [3.8, 4) is 0 Å². The second kappa shape index (κ2) is 5.48. The smallest absolute Gasteiger partial charge is 0.178 e. The molecule has 0 fully saturated rings. The fourth-order valence-electron chi connectivity index (χ4n) is 2.08. The number of aromatic amines is 1. The first kappa shape index (κ1) is 14.1. The molecular weight excluding hydrogens is 338 g/mol. The predicted molar refractivity (Wildman–Crippen MR) is 85.1 cm³/mol. The minimum absolute atomic E-state index is 0.0888. The standard InChI is InChI=1S/C13H9Cl2FN2S2/c14-8-5-10-11(6-9(8)16)18(13(19)17-10)4-3-7-1-2-12(15)20-7/h1-2,5-6H,3-4H2,(H,17,19). The molecule has 2 aromatic heterocycles. The van der Waals surface area contributed by atoms with Crippen LogP contribution in [-0.2, 0) is 13.0 Å². The van der Waals surface area contributed by atoms with Crippen molar-refractivity contribution < 1.29 is 4.39 Å². The van der Waals surface area contributed by atoms with Crippen LogP contribution in [0, 0.1) is 10.6 Å². The number of nitrogens with zero attached hydrogens (tertiary/aromatic N) is 1. The maximum Gasteiger partial charge on any atom is 0.178 e. The van der Waals surface area contributed by atoms with Gasteiger partial charge in [0.05, 0.1) is 20.4 Å². The topological polar surface area (TPSA) is 20.7 Å². The average Bonchev–Trinajstić information content (AvgIpc) is 2.92. The number of rotatable bonds is 3. The van der Waals surface area contributed by atoms with E-state index in [1.807, 2.05) is 16.7 Å². The predicted octanol–water partition coefficient (Wildman–Crippen LogP) is 5.45. The maximum absolute atomic E-state index is 13.6.